The largest absolute Gasteiger partial charge is 0.508 e. The van der Waals surface area contributed by atoms with Crippen LogP contribution in [0.4, 0.5) is 0 Å². The van der Waals surface area contributed by atoms with E-state index in [9.17, 15) is 5.11 Å². The molecule has 1 nitrogen and oxygen atoms in total. The van der Waals surface area contributed by atoms with Crippen molar-refractivity contribution in [3.05, 3.63) is 65.7 Å². The predicted molar refractivity (Wildman–Crippen MR) is 63.1 cm³/mol. The SMILES string of the molecule is Oc1ccccc1Cc1ccccc1.[K]. The van der Waals surface area contributed by atoms with E-state index in [-0.39, 0.29) is 51.4 Å². The van der Waals surface area contributed by atoms with Gasteiger partial charge in [0.2, 0.25) is 0 Å². The summed E-state index contributed by atoms with van der Waals surface area (Å²) in [5, 5.41) is 9.57. The van der Waals surface area contributed by atoms with E-state index >= 15 is 0 Å². The molecule has 0 fully saturated rings. The van der Waals surface area contributed by atoms with Gasteiger partial charge in [-0.3, -0.25) is 0 Å². The number of rotatable bonds is 2. The Labute approximate surface area is 133 Å². The normalized spacial score (nSPS) is 9.33. The maximum Gasteiger partial charge on any atom is 0.119 e. The summed E-state index contributed by atoms with van der Waals surface area (Å²) >= 11 is 0. The van der Waals surface area contributed by atoms with E-state index in [4.69, 9.17) is 0 Å². The zero-order chi connectivity index (χ0) is 9.80. The third-order valence-electron chi connectivity index (χ3n) is 2.23. The molecule has 0 amide bonds. The van der Waals surface area contributed by atoms with Crippen LogP contribution >= 0.6 is 0 Å². The average Bonchev–Trinajstić information content (AvgIpc) is 2.23. The van der Waals surface area contributed by atoms with Gasteiger partial charge in [-0.15, -0.1) is 0 Å². The van der Waals surface area contributed by atoms with E-state index in [0.29, 0.717) is 5.75 Å². The van der Waals surface area contributed by atoms with Gasteiger partial charge in [-0.2, -0.15) is 0 Å². The van der Waals surface area contributed by atoms with Crippen molar-refractivity contribution in [2.24, 2.45) is 0 Å². The van der Waals surface area contributed by atoms with Crippen LogP contribution < -0.4 is 0 Å². The van der Waals surface area contributed by atoms with Crippen LogP contribution in [0.3, 0.4) is 0 Å². The van der Waals surface area contributed by atoms with Crippen LogP contribution in [0.1, 0.15) is 11.1 Å². The summed E-state index contributed by atoms with van der Waals surface area (Å²) < 4.78 is 0. The van der Waals surface area contributed by atoms with Gasteiger partial charge in [0.25, 0.3) is 0 Å². The smallest absolute Gasteiger partial charge is 0.119 e. The number of para-hydroxylation sites is 1. The zero-order valence-corrected chi connectivity index (χ0v) is 12.0. The van der Waals surface area contributed by atoms with Crippen LogP contribution in [-0.2, 0) is 6.42 Å². The Morgan fingerprint density at radius 1 is 0.800 bits per heavy atom. The first-order valence-corrected chi connectivity index (χ1v) is 4.67. The van der Waals surface area contributed by atoms with Crippen LogP contribution in [-0.4, -0.2) is 56.5 Å². The van der Waals surface area contributed by atoms with Crippen molar-refractivity contribution in [2.75, 3.05) is 0 Å². The van der Waals surface area contributed by atoms with Gasteiger partial charge in [0.15, 0.2) is 0 Å². The van der Waals surface area contributed by atoms with Gasteiger partial charge in [-0.25, -0.2) is 0 Å². The van der Waals surface area contributed by atoms with E-state index in [1.807, 2.05) is 36.4 Å². The number of hydrogen-bond donors (Lipinski definition) is 1. The van der Waals surface area contributed by atoms with Gasteiger partial charge in [0.1, 0.15) is 5.75 Å². The molecule has 0 aliphatic carbocycles. The second-order valence-electron chi connectivity index (χ2n) is 3.29. The minimum Gasteiger partial charge on any atom is -0.508 e. The standard InChI is InChI=1S/C13H12O.K/c14-13-9-5-4-8-12(13)10-11-6-2-1-3-7-11;/h1-9,14H,10H2;. The van der Waals surface area contributed by atoms with E-state index in [0.717, 1.165) is 12.0 Å². The summed E-state index contributed by atoms with van der Waals surface area (Å²) in [5.74, 6) is 0.372. The maximum absolute atomic E-state index is 9.57. The number of hydrogen-bond acceptors (Lipinski definition) is 1. The molecule has 2 aromatic carbocycles. The summed E-state index contributed by atoms with van der Waals surface area (Å²) in [6.45, 7) is 0. The van der Waals surface area contributed by atoms with Crippen molar-refractivity contribution in [2.45, 2.75) is 6.42 Å². The monoisotopic (exact) mass is 223 g/mol. The fourth-order valence-corrected chi connectivity index (χ4v) is 1.48. The fraction of sp³-hybridized carbons (Fsp3) is 0.0769. The Kier molecular flexibility index (Phi) is 5.57. The maximum atomic E-state index is 9.57. The Balaban J connectivity index is 0.00000112. The first-order chi connectivity index (χ1) is 6.86. The molecule has 2 rings (SSSR count). The molecule has 0 aliphatic heterocycles. The van der Waals surface area contributed by atoms with Crippen LogP contribution in [0.15, 0.2) is 54.6 Å². The van der Waals surface area contributed by atoms with E-state index in [1.54, 1.807) is 6.07 Å². The Hall–Kier alpha value is -0.124. The van der Waals surface area contributed by atoms with Crippen molar-refractivity contribution in [1.29, 1.82) is 0 Å². The number of aromatic hydroxyl groups is 1. The molecule has 0 aromatic heterocycles. The Morgan fingerprint density at radius 2 is 1.40 bits per heavy atom. The van der Waals surface area contributed by atoms with Crippen LogP contribution in [0.2, 0.25) is 0 Å². The topological polar surface area (TPSA) is 20.2 Å². The van der Waals surface area contributed by atoms with Crippen LogP contribution in [0, 0.1) is 0 Å². The third kappa shape index (κ3) is 3.74. The quantitative estimate of drug-likeness (QED) is 0.776. The fourth-order valence-electron chi connectivity index (χ4n) is 1.48. The Morgan fingerprint density at radius 3 is 2.07 bits per heavy atom. The molecule has 0 unspecified atom stereocenters. The second-order valence-corrected chi connectivity index (χ2v) is 3.29. The van der Waals surface area contributed by atoms with Gasteiger partial charge in [-0.1, -0.05) is 48.5 Å². The summed E-state index contributed by atoms with van der Waals surface area (Å²) in [4.78, 5) is 0. The molecule has 0 saturated heterocycles. The van der Waals surface area contributed by atoms with Gasteiger partial charge in [-0.05, 0) is 17.2 Å². The molecule has 2 heteroatoms. The Bertz CT molecular complexity index is 412. The van der Waals surface area contributed by atoms with Gasteiger partial charge in [0.05, 0.1) is 0 Å². The molecule has 1 radical (unpaired) electrons. The van der Waals surface area contributed by atoms with Crippen LogP contribution in [0.25, 0.3) is 0 Å². The molecule has 0 aliphatic rings. The molecule has 2 aromatic rings. The molecule has 0 saturated carbocycles. The van der Waals surface area contributed by atoms with Crippen molar-refractivity contribution >= 4 is 51.4 Å². The predicted octanol–water partition coefficient (Wildman–Crippen LogP) is 2.60. The average molecular weight is 223 g/mol. The number of benzene rings is 2. The van der Waals surface area contributed by atoms with Crippen molar-refractivity contribution < 1.29 is 5.11 Å². The molecule has 0 spiro atoms. The molecule has 15 heavy (non-hydrogen) atoms. The summed E-state index contributed by atoms with van der Waals surface area (Å²) in [6, 6.07) is 17.6. The van der Waals surface area contributed by atoms with Gasteiger partial charge >= 0.3 is 0 Å². The van der Waals surface area contributed by atoms with Gasteiger partial charge in [0, 0.05) is 57.8 Å². The summed E-state index contributed by atoms with van der Waals surface area (Å²) in [5.41, 5.74) is 2.19. The molecular weight excluding hydrogens is 211 g/mol. The van der Waals surface area contributed by atoms with E-state index < -0.39 is 0 Å². The van der Waals surface area contributed by atoms with Crippen molar-refractivity contribution in [3.63, 3.8) is 0 Å². The van der Waals surface area contributed by atoms with E-state index in [1.165, 1.54) is 5.56 Å². The minimum atomic E-state index is 0. The van der Waals surface area contributed by atoms with Crippen molar-refractivity contribution in [3.8, 4) is 5.75 Å². The molecule has 71 valence electrons. The number of phenols is 1. The van der Waals surface area contributed by atoms with E-state index in [2.05, 4.69) is 12.1 Å². The first kappa shape index (κ1) is 12.9. The van der Waals surface area contributed by atoms with Crippen molar-refractivity contribution in [1.82, 2.24) is 0 Å². The first-order valence-electron chi connectivity index (χ1n) is 4.67. The second kappa shape index (κ2) is 6.46. The minimum absolute atomic E-state index is 0. The van der Waals surface area contributed by atoms with Gasteiger partial charge < -0.3 is 5.11 Å². The molecule has 1 N–H and O–H groups in total. The molecule has 0 heterocycles. The zero-order valence-electron chi connectivity index (χ0n) is 8.85. The van der Waals surface area contributed by atoms with Crippen LogP contribution in [0.5, 0.6) is 5.75 Å². The number of phenolic OH excluding ortho intramolecular Hbond substituents is 1. The molecule has 0 bridgehead atoms. The molecule has 0 atom stereocenters. The molecular formula is C13H12KO. The third-order valence-corrected chi connectivity index (χ3v) is 2.23. The summed E-state index contributed by atoms with van der Waals surface area (Å²) in [7, 11) is 0. The summed E-state index contributed by atoms with van der Waals surface area (Å²) in [6.07, 6.45) is 0.785.